The maximum atomic E-state index is 10.8. The molecule has 0 bridgehead atoms. The molecule has 0 spiro atoms. The highest BCUT2D eigenvalue weighted by atomic mass is 32.2. The van der Waals surface area contributed by atoms with Crippen LogP contribution in [0.5, 0.6) is 0 Å². The lowest BCUT2D eigenvalue weighted by molar-refractivity contribution is -0.138. The number of aliphatic carboxylic acids is 1. The van der Waals surface area contributed by atoms with Crippen molar-refractivity contribution in [3.05, 3.63) is 0 Å². The van der Waals surface area contributed by atoms with E-state index in [1.54, 1.807) is 11.8 Å². The van der Waals surface area contributed by atoms with Crippen molar-refractivity contribution in [3.8, 4) is 0 Å². The molecule has 148 valence electrons. The smallest absolute Gasteiger partial charge is 0.321 e. The third-order valence-corrected chi connectivity index (χ3v) is 5.32. The minimum absolute atomic E-state index is 0.165. The van der Waals surface area contributed by atoms with Gasteiger partial charge in [-0.05, 0) is 12.8 Å². The normalized spacial score (nSPS) is 25.5. The Bertz CT molecular complexity index is 389. The molecule has 1 saturated heterocycles. The fourth-order valence-corrected chi connectivity index (χ4v) is 3.68. The first-order valence-electron chi connectivity index (χ1n) is 8.38. The quantitative estimate of drug-likeness (QED) is 0.179. The summed E-state index contributed by atoms with van der Waals surface area (Å²) in [5, 5.41) is 58.7. The number of nitrogens with one attached hydrogen (secondary N) is 1. The average molecular weight is 383 g/mol. The summed E-state index contributed by atoms with van der Waals surface area (Å²) in [7, 11) is 0. The van der Waals surface area contributed by atoms with Gasteiger partial charge in [-0.15, -0.1) is 11.8 Å². The molecule has 2 unspecified atom stereocenters. The molecule has 1 aliphatic rings. The Morgan fingerprint density at radius 2 is 1.80 bits per heavy atom. The van der Waals surface area contributed by atoms with E-state index >= 15 is 0 Å². The molecule has 1 heterocycles. The van der Waals surface area contributed by atoms with E-state index in [9.17, 15) is 25.2 Å². The van der Waals surface area contributed by atoms with Crippen LogP contribution < -0.4 is 5.32 Å². The van der Waals surface area contributed by atoms with Crippen molar-refractivity contribution >= 4 is 17.7 Å². The Kier molecular flexibility index (Phi) is 10.9. The van der Waals surface area contributed by atoms with Crippen molar-refractivity contribution in [3.63, 3.8) is 0 Å². The summed E-state index contributed by atoms with van der Waals surface area (Å²) in [5.74, 6) is -0.235. The lowest BCUT2D eigenvalue weighted by atomic mass is 10.0. The second kappa shape index (κ2) is 12.0. The lowest BCUT2D eigenvalue weighted by Gasteiger charge is -2.25. The molecule has 0 radical (unpaired) electrons. The van der Waals surface area contributed by atoms with Crippen molar-refractivity contribution in [2.45, 2.75) is 61.5 Å². The van der Waals surface area contributed by atoms with E-state index in [4.69, 9.17) is 14.9 Å². The molecule has 10 heteroatoms. The van der Waals surface area contributed by atoms with Crippen LogP contribution in [-0.4, -0.2) is 98.0 Å². The molecule has 0 amide bonds. The van der Waals surface area contributed by atoms with Crippen LogP contribution in [-0.2, 0) is 9.53 Å². The van der Waals surface area contributed by atoms with Crippen LogP contribution in [0.2, 0.25) is 0 Å². The zero-order valence-corrected chi connectivity index (χ0v) is 14.8. The molecule has 25 heavy (non-hydrogen) atoms. The van der Waals surface area contributed by atoms with Crippen LogP contribution in [0.1, 0.15) is 25.7 Å². The molecular weight excluding hydrogens is 354 g/mol. The first-order chi connectivity index (χ1) is 11.9. The van der Waals surface area contributed by atoms with Gasteiger partial charge in [0, 0.05) is 12.4 Å². The van der Waals surface area contributed by atoms with Gasteiger partial charge in [-0.3, -0.25) is 10.1 Å². The lowest BCUT2D eigenvalue weighted by Crippen LogP contribution is -2.47. The maximum Gasteiger partial charge on any atom is 0.321 e. The van der Waals surface area contributed by atoms with Crippen molar-refractivity contribution in [2.24, 2.45) is 0 Å². The van der Waals surface area contributed by atoms with Crippen molar-refractivity contribution < 1.29 is 40.2 Å². The van der Waals surface area contributed by atoms with Gasteiger partial charge < -0.3 is 35.4 Å². The minimum Gasteiger partial charge on any atom is -0.480 e. The van der Waals surface area contributed by atoms with Gasteiger partial charge in [0.25, 0.3) is 0 Å². The van der Waals surface area contributed by atoms with E-state index in [-0.39, 0.29) is 12.0 Å². The maximum absolute atomic E-state index is 10.8. The highest BCUT2D eigenvalue weighted by Gasteiger charge is 2.30. The van der Waals surface area contributed by atoms with Gasteiger partial charge in [-0.2, -0.15) is 0 Å². The SMILES string of the molecule is O=C(O)C1CSC(CCCCCOC[C@@H](O)[C@@H](O)[C@H](O)[C@@H](O)CO)N1. The van der Waals surface area contributed by atoms with Gasteiger partial charge in [0.2, 0.25) is 0 Å². The highest BCUT2D eigenvalue weighted by molar-refractivity contribution is 8.00. The Morgan fingerprint density at radius 3 is 2.40 bits per heavy atom. The van der Waals surface area contributed by atoms with Crippen LogP contribution in [0.4, 0.5) is 0 Å². The van der Waals surface area contributed by atoms with Gasteiger partial charge in [0.1, 0.15) is 30.5 Å². The predicted octanol–water partition coefficient (Wildman–Crippen LogP) is -1.88. The van der Waals surface area contributed by atoms with Crippen molar-refractivity contribution in [1.82, 2.24) is 5.32 Å². The molecule has 0 aromatic carbocycles. The summed E-state index contributed by atoms with van der Waals surface area (Å²) in [6.45, 7) is -0.519. The molecule has 1 fully saturated rings. The van der Waals surface area contributed by atoms with Crippen LogP contribution in [0.25, 0.3) is 0 Å². The number of unbranched alkanes of at least 4 members (excludes halogenated alkanes) is 2. The highest BCUT2D eigenvalue weighted by Crippen LogP contribution is 2.23. The molecule has 1 aliphatic heterocycles. The number of aliphatic hydroxyl groups excluding tert-OH is 5. The summed E-state index contributed by atoms with van der Waals surface area (Å²) in [4.78, 5) is 10.8. The second-order valence-electron chi connectivity index (χ2n) is 6.10. The zero-order chi connectivity index (χ0) is 18.8. The number of rotatable bonds is 13. The topological polar surface area (TPSA) is 160 Å². The van der Waals surface area contributed by atoms with E-state index in [0.717, 1.165) is 25.7 Å². The van der Waals surface area contributed by atoms with E-state index < -0.39 is 43.0 Å². The van der Waals surface area contributed by atoms with Crippen LogP contribution in [0, 0.1) is 0 Å². The average Bonchev–Trinajstić information content (AvgIpc) is 3.07. The summed E-state index contributed by atoms with van der Waals surface area (Å²) in [5.41, 5.74) is 0. The molecule has 9 nitrogen and oxygen atoms in total. The monoisotopic (exact) mass is 383 g/mol. The van der Waals surface area contributed by atoms with E-state index in [1.165, 1.54) is 0 Å². The fraction of sp³-hybridized carbons (Fsp3) is 0.933. The van der Waals surface area contributed by atoms with Gasteiger partial charge >= 0.3 is 5.97 Å². The Labute approximate surface area is 151 Å². The number of carboxylic acids is 1. The van der Waals surface area contributed by atoms with Gasteiger partial charge in [-0.25, -0.2) is 0 Å². The van der Waals surface area contributed by atoms with E-state index in [0.29, 0.717) is 12.4 Å². The number of hydrogen-bond acceptors (Lipinski definition) is 9. The van der Waals surface area contributed by atoms with Crippen molar-refractivity contribution in [1.29, 1.82) is 0 Å². The molecule has 0 aromatic rings. The van der Waals surface area contributed by atoms with E-state index in [2.05, 4.69) is 5.32 Å². The Balaban J connectivity index is 2.02. The largest absolute Gasteiger partial charge is 0.480 e. The molecule has 1 rings (SSSR count). The third kappa shape index (κ3) is 8.18. The summed E-state index contributed by atoms with van der Waals surface area (Å²) >= 11 is 1.62. The summed E-state index contributed by atoms with van der Waals surface area (Å²) in [6.07, 6.45) is -2.68. The number of carboxylic acid groups (broad SMARTS) is 1. The molecule has 0 aliphatic carbocycles. The Hall–Kier alpha value is -0.460. The first kappa shape index (κ1) is 22.6. The molecule has 0 aromatic heterocycles. The van der Waals surface area contributed by atoms with Gasteiger partial charge in [0.15, 0.2) is 0 Å². The molecule has 6 atom stereocenters. The van der Waals surface area contributed by atoms with Crippen LogP contribution in [0.15, 0.2) is 0 Å². The molecule has 7 N–H and O–H groups in total. The van der Waals surface area contributed by atoms with Gasteiger partial charge in [-0.1, -0.05) is 12.8 Å². The molecular formula is C15H29NO8S. The first-order valence-corrected chi connectivity index (χ1v) is 9.43. The van der Waals surface area contributed by atoms with Crippen LogP contribution in [0.3, 0.4) is 0 Å². The number of ether oxygens (including phenoxy) is 1. The fourth-order valence-electron chi connectivity index (χ4n) is 2.42. The number of hydrogen-bond donors (Lipinski definition) is 7. The number of aliphatic hydroxyl groups is 5. The number of thioether (sulfide) groups is 1. The number of carbonyl (C=O) groups is 1. The van der Waals surface area contributed by atoms with Gasteiger partial charge in [0.05, 0.1) is 18.6 Å². The minimum atomic E-state index is -1.64. The van der Waals surface area contributed by atoms with E-state index in [1.807, 2.05) is 0 Å². The third-order valence-electron chi connectivity index (χ3n) is 4.02. The standard InChI is InChI=1S/C15H29NO8S/c17-6-10(18)13(20)14(21)11(19)7-24-5-3-1-2-4-12-16-9(8-25-12)15(22)23/h9-14,16-21H,1-8H2,(H,22,23)/t9?,10-,11+,12?,13+,14+/m0/s1. The zero-order valence-electron chi connectivity index (χ0n) is 14.0. The molecule has 0 saturated carbocycles. The second-order valence-corrected chi connectivity index (χ2v) is 7.34. The van der Waals surface area contributed by atoms with Crippen molar-refractivity contribution in [2.75, 3.05) is 25.6 Å². The Morgan fingerprint density at radius 1 is 1.12 bits per heavy atom. The summed E-state index contributed by atoms with van der Waals surface area (Å²) in [6, 6.07) is -0.467. The van der Waals surface area contributed by atoms with Crippen LogP contribution >= 0.6 is 11.8 Å². The predicted molar refractivity (Wildman–Crippen MR) is 91.2 cm³/mol. The summed E-state index contributed by atoms with van der Waals surface area (Å²) < 4.78 is 5.24.